The Hall–Kier alpha value is -3.10. The summed E-state index contributed by atoms with van der Waals surface area (Å²) in [5, 5.41) is 0. The van der Waals surface area contributed by atoms with E-state index in [-0.39, 0.29) is 5.91 Å². The third kappa shape index (κ3) is 4.16. The molecule has 0 aliphatic carbocycles. The highest BCUT2D eigenvalue weighted by Gasteiger charge is 2.26. The summed E-state index contributed by atoms with van der Waals surface area (Å²) < 4.78 is 16.6. The van der Waals surface area contributed by atoms with E-state index in [1.54, 1.807) is 12.0 Å². The smallest absolute Gasteiger partial charge is 0.257 e. The van der Waals surface area contributed by atoms with Crippen LogP contribution in [0.2, 0.25) is 0 Å². The molecule has 0 atom stereocenters. The van der Waals surface area contributed by atoms with Gasteiger partial charge in [0.05, 0.1) is 25.9 Å². The molecule has 0 spiro atoms. The van der Waals surface area contributed by atoms with Crippen molar-refractivity contribution in [1.29, 1.82) is 0 Å². The number of ether oxygens (including phenoxy) is 3. The molecule has 0 bridgehead atoms. The summed E-state index contributed by atoms with van der Waals surface area (Å²) in [7, 11) is 1.67. The van der Waals surface area contributed by atoms with Crippen molar-refractivity contribution in [3.63, 3.8) is 0 Å². The summed E-state index contributed by atoms with van der Waals surface area (Å²) in [6.45, 7) is 5.28. The zero-order valence-electron chi connectivity index (χ0n) is 18.3. The lowest BCUT2D eigenvalue weighted by Gasteiger charge is -2.31. The monoisotopic (exact) mass is 436 g/mol. The van der Waals surface area contributed by atoms with Gasteiger partial charge in [-0.1, -0.05) is 0 Å². The molecule has 3 aliphatic rings. The van der Waals surface area contributed by atoms with E-state index in [1.165, 1.54) is 5.57 Å². The number of aromatic nitrogens is 1. The molecule has 1 saturated heterocycles. The maximum absolute atomic E-state index is 13.0. The average Bonchev–Trinajstić information content (AvgIpc) is 2.83. The summed E-state index contributed by atoms with van der Waals surface area (Å²) in [6.07, 6.45) is 3.00. The fourth-order valence-electron chi connectivity index (χ4n) is 4.50. The van der Waals surface area contributed by atoms with Crippen LogP contribution in [-0.4, -0.2) is 73.8 Å². The van der Waals surface area contributed by atoms with E-state index in [0.717, 1.165) is 54.4 Å². The lowest BCUT2D eigenvalue weighted by molar-refractivity contribution is 0.0303. The highest BCUT2D eigenvalue weighted by molar-refractivity contribution is 5.98. The predicted octanol–water partition coefficient (Wildman–Crippen LogP) is 1.98. The molecule has 168 valence electrons. The number of hydrogen-bond donors (Lipinski definition) is 1. The summed E-state index contributed by atoms with van der Waals surface area (Å²) in [5.41, 5.74) is 11.0. The maximum Gasteiger partial charge on any atom is 0.257 e. The second-order valence-electron chi connectivity index (χ2n) is 8.39. The Balaban J connectivity index is 1.32. The quantitative estimate of drug-likeness (QED) is 0.784. The van der Waals surface area contributed by atoms with Gasteiger partial charge in [0, 0.05) is 50.4 Å². The molecule has 1 aromatic heterocycles. The van der Waals surface area contributed by atoms with Crippen molar-refractivity contribution < 1.29 is 19.0 Å². The van der Waals surface area contributed by atoms with Gasteiger partial charge in [-0.2, -0.15) is 0 Å². The first-order valence-corrected chi connectivity index (χ1v) is 11.0. The molecule has 3 aliphatic heterocycles. The van der Waals surface area contributed by atoms with Gasteiger partial charge in [-0.3, -0.25) is 9.69 Å². The number of nitrogens with two attached hydrogens (primary N) is 1. The topological polar surface area (TPSA) is 90.1 Å². The number of carbonyl (C=O) groups excluding carboxylic acids is 1. The number of carbonyl (C=O) groups is 1. The Labute approximate surface area is 187 Å². The third-order valence-electron chi connectivity index (χ3n) is 6.22. The molecule has 5 rings (SSSR count). The van der Waals surface area contributed by atoms with Crippen LogP contribution in [0, 0.1) is 0 Å². The average molecular weight is 437 g/mol. The Bertz CT molecular complexity index is 1060. The molecule has 8 heteroatoms. The Morgan fingerprint density at radius 3 is 2.88 bits per heavy atom. The predicted molar refractivity (Wildman–Crippen MR) is 121 cm³/mol. The molecule has 0 unspecified atom stereocenters. The van der Waals surface area contributed by atoms with Crippen LogP contribution < -0.4 is 15.2 Å². The number of methoxy groups -OCH3 is 1. The van der Waals surface area contributed by atoms with Crippen LogP contribution in [0.15, 0.2) is 29.8 Å². The van der Waals surface area contributed by atoms with Crippen molar-refractivity contribution in [3.05, 3.63) is 52.2 Å². The lowest BCUT2D eigenvalue weighted by Crippen LogP contribution is -2.41. The standard InChI is InChI=1S/C24H28N4O4/c1-30-19-2-3-22-17(11-19)10-16(15-32-22)13-27-5-4-21-18(14-27)12-20(23(25)26-21)24(29)28-6-8-31-9-7-28/h2-3,10-12H,4-9,13-15H2,1H3,(H2,25,26). The molecule has 4 heterocycles. The van der Waals surface area contributed by atoms with Crippen molar-refractivity contribution in [1.82, 2.24) is 14.8 Å². The maximum atomic E-state index is 13.0. The van der Waals surface area contributed by atoms with Gasteiger partial charge in [0.2, 0.25) is 0 Å². The van der Waals surface area contributed by atoms with Crippen LogP contribution in [0.25, 0.3) is 6.08 Å². The highest BCUT2D eigenvalue weighted by Crippen LogP contribution is 2.31. The summed E-state index contributed by atoms with van der Waals surface area (Å²) in [5.74, 6) is 1.96. The van der Waals surface area contributed by atoms with E-state index in [9.17, 15) is 4.79 Å². The van der Waals surface area contributed by atoms with Crippen molar-refractivity contribution in [3.8, 4) is 11.5 Å². The fraction of sp³-hybridized carbons (Fsp3) is 0.417. The van der Waals surface area contributed by atoms with Crippen molar-refractivity contribution in [2.24, 2.45) is 0 Å². The molecule has 1 aromatic carbocycles. The number of fused-ring (bicyclic) bond motifs is 2. The first-order chi connectivity index (χ1) is 15.6. The van der Waals surface area contributed by atoms with Crippen molar-refractivity contribution in [2.45, 2.75) is 13.0 Å². The van der Waals surface area contributed by atoms with Gasteiger partial charge in [-0.05, 0) is 41.5 Å². The number of nitrogens with zero attached hydrogens (tertiary/aromatic N) is 3. The molecular formula is C24H28N4O4. The Morgan fingerprint density at radius 1 is 1.22 bits per heavy atom. The molecule has 1 fully saturated rings. The number of anilines is 1. The molecule has 8 nitrogen and oxygen atoms in total. The zero-order chi connectivity index (χ0) is 22.1. The van der Waals surface area contributed by atoms with Gasteiger partial charge in [0.15, 0.2) is 0 Å². The minimum atomic E-state index is -0.0628. The van der Waals surface area contributed by atoms with E-state index in [1.807, 2.05) is 24.3 Å². The van der Waals surface area contributed by atoms with Crippen LogP contribution in [-0.2, 0) is 17.7 Å². The van der Waals surface area contributed by atoms with Gasteiger partial charge >= 0.3 is 0 Å². The first-order valence-electron chi connectivity index (χ1n) is 11.0. The van der Waals surface area contributed by atoms with Crippen LogP contribution in [0.3, 0.4) is 0 Å². The molecule has 2 N–H and O–H groups in total. The number of hydrogen-bond acceptors (Lipinski definition) is 7. The first kappa shape index (κ1) is 20.8. The second kappa shape index (κ2) is 8.80. The molecular weight excluding hydrogens is 408 g/mol. The number of pyridine rings is 1. The number of amides is 1. The fourth-order valence-corrected chi connectivity index (χ4v) is 4.50. The van der Waals surface area contributed by atoms with E-state index in [4.69, 9.17) is 19.9 Å². The minimum Gasteiger partial charge on any atom is -0.497 e. The number of nitrogen functional groups attached to an aromatic ring is 1. The molecule has 32 heavy (non-hydrogen) atoms. The summed E-state index contributed by atoms with van der Waals surface area (Å²) >= 11 is 0. The summed E-state index contributed by atoms with van der Waals surface area (Å²) in [4.78, 5) is 21.7. The second-order valence-corrected chi connectivity index (χ2v) is 8.39. The number of benzene rings is 1. The normalized spacial score (nSPS) is 18.3. The van der Waals surface area contributed by atoms with E-state index in [0.29, 0.717) is 44.3 Å². The number of rotatable bonds is 4. The minimum absolute atomic E-state index is 0.0628. The van der Waals surface area contributed by atoms with Crippen LogP contribution in [0.1, 0.15) is 27.2 Å². The largest absolute Gasteiger partial charge is 0.497 e. The Kier molecular flexibility index (Phi) is 5.71. The molecule has 0 radical (unpaired) electrons. The SMILES string of the molecule is COc1ccc2c(c1)C=C(CN1CCc3nc(N)c(C(=O)N4CCOCC4)cc3C1)CO2. The zero-order valence-corrected chi connectivity index (χ0v) is 18.3. The van der Waals surface area contributed by atoms with Gasteiger partial charge < -0.3 is 24.8 Å². The van der Waals surface area contributed by atoms with E-state index >= 15 is 0 Å². The van der Waals surface area contributed by atoms with Crippen LogP contribution in [0.4, 0.5) is 5.82 Å². The third-order valence-corrected chi connectivity index (χ3v) is 6.22. The van der Waals surface area contributed by atoms with Gasteiger partial charge in [-0.15, -0.1) is 0 Å². The van der Waals surface area contributed by atoms with Crippen molar-refractivity contribution >= 4 is 17.8 Å². The highest BCUT2D eigenvalue weighted by atomic mass is 16.5. The van der Waals surface area contributed by atoms with E-state index in [2.05, 4.69) is 16.0 Å². The van der Waals surface area contributed by atoms with E-state index < -0.39 is 0 Å². The van der Waals surface area contributed by atoms with Gasteiger partial charge in [0.25, 0.3) is 5.91 Å². The molecule has 2 aromatic rings. The Morgan fingerprint density at radius 2 is 2.06 bits per heavy atom. The molecule has 0 saturated carbocycles. The van der Waals surface area contributed by atoms with Crippen LogP contribution in [0.5, 0.6) is 11.5 Å². The summed E-state index contributed by atoms with van der Waals surface area (Å²) in [6, 6.07) is 7.79. The van der Waals surface area contributed by atoms with Crippen LogP contribution >= 0.6 is 0 Å². The lowest BCUT2D eigenvalue weighted by atomic mass is 10.0. The van der Waals surface area contributed by atoms with Gasteiger partial charge in [-0.25, -0.2) is 4.98 Å². The molecule has 1 amide bonds. The number of morpholine rings is 1. The van der Waals surface area contributed by atoms with Crippen molar-refractivity contribution in [2.75, 3.05) is 58.8 Å². The van der Waals surface area contributed by atoms with Gasteiger partial charge in [0.1, 0.15) is 23.9 Å².